The van der Waals surface area contributed by atoms with E-state index in [1.54, 1.807) is 19.4 Å². The fourth-order valence-electron chi connectivity index (χ4n) is 2.32. The lowest BCUT2D eigenvalue weighted by molar-refractivity contribution is -0.116. The highest BCUT2D eigenvalue weighted by Gasteiger charge is 2.15. The minimum Gasteiger partial charge on any atom is -0.481 e. The molecule has 0 atom stereocenters. The number of nitrogens with zero attached hydrogens (tertiary/aromatic N) is 3. The van der Waals surface area contributed by atoms with E-state index in [4.69, 9.17) is 4.74 Å². The zero-order valence-corrected chi connectivity index (χ0v) is 13.0. The quantitative estimate of drug-likeness (QED) is 0.667. The van der Waals surface area contributed by atoms with E-state index in [2.05, 4.69) is 25.8 Å². The maximum atomic E-state index is 11.4. The smallest absolute Gasteiger partial charge is 0.246 e. The van der Waals surface area contributed by atoms with E-state index in [9.17, 15) is 4.79 Å². The van der Waals surface area contributed by atoms with Crippen LogP contribution in [0, 0.1) is 0 Å². The predicted molar refractivity (Wildman–Crippen MR) is 87.8 cm³/mol. The SMILES string of the molecule is COc1ccnc(N/N=C(\C)c2ccc3c(c2)CCC(=O)N3)n1. The Hall–Kier alpha value is -2.96. The number of fused-ring (bicyclic) bond motifs is 1. The molecular weight excluding hydrogens is 294 g/mol. The molecule has 2 aromatic rings. The van der Waals surface area contributed by atoms with Gasteiger partial charge in [-0.1, -0.05) is 6.07 Å². The summed E-state index contributed by atoms with van der Waals surface area (Å²) in [5, 5.41) is 7.17. The van der Waals surface area contributed by atoms with Crippen molar-refractivity contribution in [3.63, 3.8) is 0 Å². The van der Waals surface area contributed by atoms with Gasteiger partial charge in [-0.25, -0.2) is 10.4 Å². The summed E-state index contributed by atoms with van der Waals surface area (Å²) in [6, 6.07) is 7.54. The van der Waals surface area contributed by atoms with E-state index in [-0.39, 0.29) is 5.91 Å². The number of hydrogen-bond acceptors (Lipinski definition) is 6. The molecule has 7 heteroatoms. The average Bonchev–Trinajstić information content (AvgIpc) is 2.59. The molecule has 0 radical (unpaired) electrons. The first-order chi connectivity index (χ1) is 11.2. The van der Waals surface area contributed by atoms with Gasteiger partial charge in [0.25, 0.3) is 0 Å². The van der Waals surface area contributed by atoms with E-state index >= 15 is 0 Å². The lowest BCUT2D eigenvalue weighted by Crippen LogP contribution is -2.19. The van der Waals surface area contributed by atoms with Crippen molar-refractivity contribution in [2.75, 3.05) is 17.9 Å². The van der Waals surface area contributed by atoms with Gasteiger partial charge in [0.2, 0.25) is 17.7 Å². The van der Waals surface area contributed by atoms with Crippen LogP contribution in [-0.4, -0.2) is 28.7 Å². The van der Waals surface area contributed by atoms with E-state index in [1.807, 2.05) is 25.1 Å². The van der Waals surface area contributed by atoms with Crippen LogP contribution in [0.3, 0.4) is 0 Å². The van der Waals surface area contributed by atoms with Gasteiger partial charge in [0.1, 0.15) is 0 Å². The summed E-state index contributed by atoms with van der Waals surface area (Å²) in [6.45, 7) is 1.90. The summed E-state index contributed by atoms with van der Waals surface area (Å²) in [5.41, 5.74) is 6.60. The van der Waals surface area contributed by atoms with E-state index < -0.39 is 0 Å². The van der Waals surface area contributed by atoms with Crippen LogP contribution >= 0.6 is 0 Å². The molecule has 0 aliphatic carbocycles. The molecule has 1 aromatic carbocycles. The van der Waals surface area contributed by atoms with Crippen LogP contribution in [0.1, 0.15) is 24.5 Å². The summed E-state index contributed by atoms with van der Waals surface area (Å²) in [5.74, 6) is 0.904. The molecule has 0 saturated carbocycles. The van der Waals surface area contributed by atoms with Gasteiger partial charge in [-0.05, 0) is 36.6 Å². The molecule has 0 saturated heterocycles. The molecule has 1 amide bonds. The number of rotatable bonds is 4. The largest absolute Gasteiger partial charge is 0.481 e. The zero-order valence-electron chi connectivity index (χ0n) is 13.0. The van der Waals surface area contributed by atoms with Crippen molar-refractivity contribution in [2.45, 2.75) is 19.8 Å². The highest BCUT2D eigenvalue weighted by atomic mass is 16.5. The van der Waals surface area contributed by atoms with Crippen LogP contribution in [-0.2, 0) is 11.2 Å². The summed E-state index contributed by atoms with van der Waals surface area (Å²) in [6.07, 6.45) is 2.86. The molecule has 2 heterocycles. The van der Waals surface area contributed by atoms with Crippen molar-refractivity contribution < 1.29 is 9.53 Å². The Labute approximate surface area is 133 Å². The number of benzene rings is 1. The van der Waals surface area contributed by atoms with Gasteiger partial charge >= 0.3 is 0 Å². The Morgan fingerprint density at radius 2 is 2.22 bits per heavy atom. The Morgan fingerprint density at radius 3 is 3.04 bits per heavy atom. The maximum absolute atomic E-state index is 11.4. The fraction of sp³-hybridized carbons (Fsp3) is 0.250. The summed E-state index contributed by atoms with van der Waals surface area (Å²) in [7, 11) is 1.55. The number of amides is 1. The number of carbonyl (C=O) groups is 1. The van der Waals surface area contributed by atoms with Gasteiger partial charge in [0.15, 0.2) is 0 Å². The lowest BCUT2D eigenvalue weighted by atomic mass is 9.99. The number of anilines is 2. The minimum absolute atomic E-state index is 0.0625. The molecule has 118 valence electrons. The molecule has 0 unspecified atom stereocenters. The van der Waals surface area contributed by atoms with Crippen LogP contribution in [0.15, 0.2) is 35.6 Å². The first kappa shape index (κ1) is 15.0. The highest BCUT2D eigenvalue weighted by Crippen LogP contribution is 2.23. The van der Waals surface area contributed by atoms with E-state index in [0.29, 0.717) is 18.2 Å². The predicted octanol–water partition coefficient (Wildman–Crippen LogP) is 2.21. The van der Waals surface area contributed by atoms with Gasteiger partial charge in [0.05, 0.1) is 12.8 Å². The molecule has 7 nitrogen and oxygen atoms in total. The van der Waals surface area contributed by atoms with Gasteiger partial charge in [-0.3, -0.25) is 4.79 Å². The number of methoxy groups -OCH3 is 1. The second-order valence-corrected chi connectivity index (χ2v) is 5.15. The Kier molecular flexibility index (Phi) is 4.18. The minimum atomic E-state index is 0.0625. The third-order valence-electron chi connectivity index (χ3n) is 3.58. The Balaban J connectivity index is 1.77. The average molecular weight is 311 g/mol. The topological polar surface area (TPSA) is 88.5 Å². The Bertz CT molecular complexity index is 773. The van der Waals surface area contributed by atoms with Crippen molar-refractivity contribution in [1.29, 1.82) is 0 Å². The van der Waals surface area contributed by atoms with Crippen LogP contribution < -0.4 is 15.5 Å². The summed E-state index contributed by atoms with van der Waals surface area (Å²) < 4.78 is 5.04. The molecule has 23 heavy (non-hydrogen) atoms. The molecule has 0 bridgehead atoms. The lowest BCUT2D eigenvalue weighted by Gasteiger charge is -2.17. The van der Waals surface area contributed by atoms with Gasteiger partial charge in [-0.15, -0.1) is 0 Å². The number of carbonyl (C=O) groups excluding carboxylic acids is 1. The second-order valence-electron chi connectivity index (χ2n) is 5.15. The molecule has 1 aromatic heterocycles. The number of hydrazone groups is 1. The first-order valence-electron chi connectivity index (χ1n) is 7.26. The molecular formula is C16H17N5O2. The van der Waals surface area contributed by atoms with Crippen molar-refractivity contribution in [1.82, 2.24) is 9.97 Å². The molecule has 0 spiro atoms. The van der Waals surface area contributed by atoms with Crippen molar-refractivity contribution >= 4 is 23.3 Å². The van der Waals surface area contributed by atoms with Crippen molar-refractivity contribution in [2.24, 2.45) is 5.10 Å². The maximum Gasteiger partial charge on any atom is 0.246 e. The van der Waals surface area contributed by atoms with Crippen molar-refractivity contribution in [3.05, 3.63) is 41.6 Å². The number of aryl methyl sites for hydroxylation is 1. The number of aromatic nitrogens is 2. The molecule has 0 fully saturated rings. The van der Waals surface area contributed by atoms with Crippen molar-refractivity contribution in [3.8, 4) is 5.88 Å². The van der Waals surface area contributed by atoms with Crippen LogP contribution in [0.2, 0.25) is 0 Å². The molecule has 1 aliphatic heterocycles. The van der Waals surface area contributed by atoms with E-state index in [1.165, 1.54) is 0 Å². The van der Waals surface area contributed by atoms with E-state index in [0.717, 1.165) is 28.9 Å². The second kappa shape index (κ2) is 6.43. The van der Waals surface area contributed by atoms with Gasteiger partial charge in [-0.2, -0.15) is 10.1 Å². The zero-order chi connectivity index (χ0) is 16.2. The Morgan fingerprint density at radius 1 is 1.35 bits per heavy atom. The molecule has 1 aliphatic rings. The monoisotopic (exact) mass is 311 g/mol. The summed E-state index contributed by atoms with van der Waals surface area (Å²) >= 11 is 0. The van der Waals surface area contributed by atoms with Crippen LogP contribution in [0.25, 0.3) is 0 Å². The summed E-state index contributed by atoms with van der Waals surface area (Å²) in [4.78, 5) is 19.6. The fourth-order valence-corrected chi connectivity index (χ4v) is 2.32. The normalized spacial score (nSPS) is 14.0. The third-order valence-corrected chi connectivity index (χ3v) is 3.58. The number of hydrogen-bond donors (Lipinski definition) is 2. The van der Waals surface area contributed by atoms with Crippen LogP contribution in [0.5, 0.6) is 5.88 Å². The highest BCUT2D eigenvalue weighted by molar-refractivity contribution is 6.01. The standard InChI is InChI=1S/C16H17N5O2/c1-10(20-21-16-17-8-7-15(19-16)23-2)11-3-5-13-12(9-11)4-6-14(22)18-13/h3,5,7-9H,4,6H2,1-2H3,(H,18,22)(H,17,19,21)/b20-10+. The van der Waals surface area contributed by atoms with Gasteiger partial charge in [0, 0.05) is 24.4 Å². The number of ether oxygens (including phenoxy) is 1. The van der Waals surface area contributed by atoms with Crippen LogP contribution in [0.4, 0.5) is 11.6 Å². The number of nitrogens with one attached hydrogen (secondary N) is 2. The molecule has 2 N–H and O–H groups in total. The first-order valence-corrected chi connectivity index (χ1v) is 7.26. The third kappa shape index (κ3) is 3.45. The van der Waals surface area contributed by atoms with Gasteiger partial charge < -0.3 is 10.1 Å². The molecule has 3 rings (SSSR count).